The van der Waals surface area contributed by atoms with Gasteiger partial charge in [0.2, 0.25) is 0 Å². The standard InChI is InChI=1S/C19H15NO4/c21-15-10-14(20-13-5-2-1-4-12(13)15)19-16(22)8-11(9-17(19)23)18-6-3-7-24-18/h1-7,10-11,22H,8-9H2,(H,20,21)/p-1. The van der Waals surface area contributed by atoms with Gasteiger partial charge in [-0.15, -0.1) is 5.76 Å². The fourth-order valence-electron chi connectivity index (χ4n) is 3.24. The number of fused-ring (bicyclic) bond motifs is 1. The zero-order valence-electron chi connectivity index (χ0n) is 12.7. The molecule has 4 rings (SSSR count). The molecule has 2 heterocycles. The molecule has 0 aliphatic heterocycles. The first-order valence-corrected chi connectivity index (χ1v) is 7.72. The van der Waals surface area contributed by atoms with Crippen molar-refractivity contribution in [3.8, 4) is 0 Å². The van der Waals surface area contributed by atoms with E-state index in [1.54, 1.807) is 36.4 Å². The number of carbonyl (C=O) groups excluding carboxylic acids is 1. The molecule has 1 aliphatic carbocycles. The molecule has 0 saturated heterocycles. The number of nitrogens with one attached hydrogen (secondary N) is 1. The van der Waals surface area contributed by atoms with E-state index in [0.29, 0.717) is 22.4 Å². The van der Waals surface area contributed by atoms with Gasteiger partial charge in [-0.2, -0.15) is 0 Å². The van der Waals surface area contributed by atoms with Crippen LogP contribution in [0.15, 0.2) is 63.7 Å². The molecule has 2 aromatic heterocycles. The third-order valence-electron chi connectivity index (χ3n) is 4.37. The molecule has 1 unspecified atom stereocenters. The lowest BCUT2D eigenvalue weighted by Crippen LogP contribution is -2.24. The van der Waals surface area contributed by atoms with Crippen molar-refractivity contribution in [2.24, 2.45) is 0 Å². The van der Waals surface area contributed by atoms with Crippen LogP contribution in [0.4, 0.5) is 0 Å². The van der Waals surface area contributed by atoms with Crippen LogP contribution >= 0.6 is 0 Å². The highest BCUT2D eigenvalue weighted by atomic mass is 16.3. The molecule has 1 aromatic carbocycles. The van der Waals surface area contributed by atoms with Crippen LogP contribution in [-0.2, 0) is 4.79 Å². The summed E-state index contributed by atoms with van der Waals surface area (Å²) in [7, 11) is 0. The van der Waals surface area contributed by atoms with Crippen LogP contribution in [0.25, 0.3) is 16.5 Å². The van der Waals surface area contributed by atoms with Crippen molar-refractivity contribution in [3.63, 3.8) is 0 Å². The number of aromatic nitrogens is 1. The van der Waals surface area contributed by atoms with Crippen LogP contribution in [0.2, 0.25) is 0 Å². The van der Waals surface area contributed by atoms with E-state index in [1.165, 1.54) is 12.3 Å². The Bertz CT molecular complexity index is 1010. The quantitative estimate of drug-likeness (QED) is 0.785. The summed E-state index contributed by atoms with van der Waals surface area (Å²) in [6, 6.07) is 11.9. The number of rotatable bonds is 2. The van der Waals surface area contributed by atoms with E-state index in [0.717, 1.165) is 0 Å². The van der Waals surface area contributed by atoms with Crippen LogP contribution in [0.5, 0.6) is 0 Å². The van der Waals surface area contributed by atoms with Gasteiger partial charge >= 0.3 is 0 Å². The lowest BCUT2D eigenvalue weighted by Gasteiger charge is -2.28. The Morgan fingerprint density at radius 1 is 1.08 bits per heavy atom. The van der Waals surface area contributed by atoms with Crippen molar-refractivity contribution < 1.29 is 14.3 Å². The minimum Gasteiger partial charge on any atom is -0.875 e. The van der Waals surface area contributed by atoms with Gasteiger partial charge in [0.1, 0.15) is 5.76 Å². The molecule has 120 valence electrons. The summed E-state index contributed by atoms with van der Waals surface area (Å²) in [6.45, 7) is 0. The summed E-state index contributed by atoms with van der Waals surface area (Å²) in [5.74, 6) is -0.129. The van der Waals surface area contributed by atoms with Crippen molar-refractivity contribution >= 4 is 22.3 Å². The van der Waals surface area contributed by atoms with Gasteiger partial charge in [0, 0.05) is 34.9 Å². The van der Waals surface area contributed by atoms with Gasteiger partial charge in [-0.1, -0.05) is 12.1 Å². The fourth-order valence-corrected chi connectivity index (χ4v) is 3.24. The Kier molecular flexibility index (Phi) is 3.34. The predicted molar refractivity (Wildman–Crippen MR) is 87.2 cm³/mol. The number of furan rings is 1. The van der Waals surface area contributed by atoms with Gasteiger partial charge in [0.25, 0.3) is 0 Å². The first kappa shape index (κ1) is 14.5. The summed E-state index contributed by atoms with van der Waals surface area (Å²) < 4.78 is 5.32. The molecule has 1 atom stereocenters. The molecule has 5 heteroatoms. The second-order valence-corrected chi connectivity index (χ2v) is 5.93. The molecule has 1 aliphatic rings. The molecule has 1 N–H and O–H groups in total. The average molecular weight is 320 g/mol. The molecule has 0 bridgehead atoms. The average Bonchev–Trinajstić information content (AvgIpc) is 3.09. The zero-order valence-corrected chi connectivity index (χ0v) is 12.7. The third kappa shape index (κ3) is 2.34. The van der Waals surface area contributed by atoms with Crippen LogP contribution in [0, 0.1) is 0 Å². The number of allylic oxidation sites excluding steroid dienone is 2. The number of pyridine rings is 1. The van der Waals surface area contributed by atoms with E-state index >= 15 is 0 Å². The van der Waals surface area contributed by atoms with E-state index in [4.69, 9.17) is 4.42 Å². The molecule has 0 amide bonds. The van der Waals surface area contributed by atoms with Gasteiger partial charge < -0.3 is 14.5 Å². The molecule has 0 radical (unpaired) electrons. The van der Waals surface area contributed by atoms with Crippen LogP contribution in [0.3, 0.4) is 0 Å². The van der Waals surface area contributed by atoms with Gasteiger partial charge in [-0.05, 0) is 30.7 Å². The molecule has 3 aromatic rings. The minimum atomic E-state index is -0.265. The maximum atomic E-state index is 12.5. The largest absolute Gasteiger partial charge is 0.875 e. The highest BCUT2D eigenvalue weighted by Gasteiger charge is 2.27. The topological polar surface area (TPSA) is 86.1 Å². The molecule has 0 spiro atoms. The first-order chi connectivity index (χ1) is 11.6. The van der Waals surface area contributed by atoms with Crippen LogP contribution in [-0.4, -0.2) is 10.8 Å². The van der Waals surface area contributed by atoms with Crippen LogP contribution < -0.4 is 10.5 Å². The summed E-state index contributed by atoms with van der Waals surface area (Å²) in [5.41, 5.74) is 0.786. The normalized spacial score (nSPS) is 18.3. The van der Waals surface area contributed by atoms with Gasteiger partial charge in [-0.3, -0.25) is 9.59 Å². The number of aromatic amines is 1. The minimum absolute atomic E-state index is 0.0839. The number of H-pyrrole nitrogens is 1. The van der Waals surface area contributed by atoms with Crippen molar-refractivity contribution in [3.05, 3.63) is 76.2 Å². The Labute approximate surface area is 137 Å². The number of benzene rings is 1. The van der Waals surface area contributed by atoms with Crippen molar-refractivity contribution in [1.29, 1.82) is 0 Å². The highest BCUT2D eigenvalue weighted by molar-refractivity contribution is 6.21. The number of hydrogen-bond donors (Lipinski definition) is 1. The maximum Gasteiger partial charge on any atom is 0.190 e. The lowest BCUT2D eigenvalue weighted by molar-refractivity contribution is -0.306. The number of ketones is 1. The maximum absolute atomic E-state index is 12.5. The Balaban J connectivity index is 1.80. The second kappa shape index (κ2) is 5.53. The highest BCUT2D eigenvalue weighted by Crippen LogP contribution is 2.35. The first-order valence-electron chi connectivity index (χ1n) is 7.72. The number of Topliss-reactive ketones (excluding diaryl/α,β-unsaturated/α-hetero) is 1. The smallest absolute Gasteiger partial charge is 0.190 e. The van der Waals surface area contributed by atoms with E-state index in [-0.39, 0.29) is 41.3 Å². The fraction of sp³-hybridized carbons (Fsp3) is 0.158. The monoisotopic (exact) mass is 320 g/mol. The summed E-state index contributed by atoms with van der Waals surface area (Å²) in [4.78, 5) is 27.8. The van der Waals surface area contributed by atoms with Gasteiger partial charge in [0.05, 0.1) is 12.0 Å². The second-order valence-electron chi connectivity index (χ2n) is 5.93. The predicted octanol–water partition coefficient (Wildman–Crippen LogP) is 2.34. The molecule has 5 nitrogen and oxygen atoms in total. The molecule has 0 saturated carbocycles. The number of para-hydroxylation sites is 1. The summed E-state index contributed by atoms with van der Waals surface area (Å²) in [5, 5.41) is 13.1. The SMILES string of the molecule is O=C1CC(c2ccco2)CC([O-])=C1c1cc(=O)c2ccccc2[nH]1. The van der Waals surface area contributed by atoms with Gasteiger partial charge in [0.15, 0.2) is 11.2 Å². The summed E-state index contributed by atoms with van der Waals surface area (Å²) >= 11 is 0. The van der Waals surface area contributed by atoms with Crippen molar-refractivity contribution in [2.75, 3.05) is 0 Å². The van der Waals surface area contributed by atoms with E-state index in [2.05, 4.69) is 4.98 Å². The zero-order chi connectivity index (χ0) is 16.7. The summed E-state index contributed by atoms with van der Waals surface area (Å²) in [6.07, 6.45) is 1.93. The van der Waals surface area contributed by atoms with Gasteiger partial charge in [-0.25, -0.2) is 0 Å². The molecule has 24 heavy (non-hydrogen) atoms. The Morgan fingerprint density at radius 2 is 1.92 bits per heavy atom. The van der Waals surface area contributed by atoms with Crippen molar-refractivity contribution in [1.82, 2.24) is 4.98 Å². The Hall–Kier alpha value is -3.08. The van der Waals surface area contributed by atoms with E-state index in [9.17, 15) is 14.7 Å². The lowest BCUT2D eigenvalue weighted by atomic mass is 9.84. The Morgan fingerprint density at radius 3 is 2.67 bits per heavy atom. The third-order valence-corrected chi connectivity index (χ3v) is 4.37. The molecular formula is C19H14NO4-. The van der Waals surface area contributed by atoms with Crippen LogP contribution in [0.1, 0.15) is 30.2 Å². The van der Waals surface area contributed by atoms with Crippen molar-refractivity contribution in [2.45, 2.75) is 18.8 Å². The number of carbonyl (C=O) groups is 1. The van der Waals surface area contributed by atoms with E-state index < -0.39 is 0 Å². The molecule has 0 fully saturated rings. The molecular weight excluding hydrogens is 306 g/mol. The van der Waals surface area contributed by atoms with E-state index in [1.807, 2.05) is 0 Å². The number of hydrogen-bond acceptors (Lipinski definition) is 4.